The molecular weight excluding hydrogens is 280 g/mol. The van der Waals surface area contributed by atoms with E-state index in [1.165, 1.54) is 4.90 Å². The molecule has 1 aliphatic heterocycles. The highest BCUT2D eigenvalue weighted by Crippen LogP contribution is 2.25. The average molecular weight is 303 g/mol. The van der Waals surface area contributed by atoms with Crippen LogP contribution in [0.15, 0.2) is 24.3 Å². The third kappa shape index (κ3) is 3.19. The third-order valence-electron chi connectivity index (χ3n) is 4.14. The number of aromatic nitrogens is 4. The Morgan fingerprint density at radius 3 is 2.73 bits per heavy atom. The van der Waals surface area contributed by atoms with Crippen molar-refractivity contribution in [3.05, 3.63) is 30.1 Å². The summed E-state index contributed by atoms with van der Waals surface area (Å²) in [6, 6.07) is 7.54. The van der Waals surface area contributed by atoms with Crippen molar-refractivity contribution in [1.29, 1.82) is 0 Å². The van der Waals surface area contributed by atoms with E-state index in [0.29, 0.717) is 5.75 Å². The minimum atomic E-state index is 0.359. The number of benzene rings is 1. The molecule has 1 fully saturated rings. The summed E-state index contributed by atoms with van der Waals surface area (Å²) < 4.78 is 1.91. The van der Waals surface area contributed by atoms with Crippen molar-refractivity contribution in [2.75, 3.05) is 31.1 Å². The van der Waals surface area contributed by atoms with Gasteiger partial charge in [-0.25, -0.2) is 4.68 Å². The molecule has 1 aromatic carbocycles. The van der Waals surface area contributed by atoms with Crippen LogP contribution in [-0.2, 0) is 13.1 Å². The quantitative estimate of drug-likeness (QED) is 0.793. The number of aromatic hydroxyl groups is 1. The Kier molecular flexibility index (Phi) is 4.53. The molecule has 0 atom stereocenters. The zero-order valence-electron chi connectivity index (χ0n) is 12.9. The first-order valence-electron chi connectivity index (χ1n) is 7.89. The molecule has 118 valence electrons. The smallest absolute Gasteiger partial charge is 0.206 e. The fourth-order valence-corrected chi connectivity index (χ4v) is 2.93. The number of tetrazole rings is 1. The molecule has 2 N–H and O–H groups in total. The molecule has 1 saturated heterocycles. The lowest BCUT2D eigenvalue weighted by Gasteiger charge is -2.33. The number of rotatable bonds is 5. The monoisotopic (exact) mass is 303 g/mol. The molecule has 0 saturated carbocycles. The van der Waals surface area contributed by atoms with E-state index in [1.54, 1.807) is 6.07 Å². The highest BCUT2D eigenvalue weighted by Gasteiger charge is 2.23. The van der Waals surface area contributed by atoms with Gasteiger partial charge in [-0.2, -0.15) is 0 Å². The van der Waals surface area contributed by atoms with Crippen molar-refractivity contribution in [2.24, 2.45) is 0 Å². The standard InChI is InChI=1S/C15H22N6O/c1-2-7-21-15(16-17-18-21)12-19-8-10-20(11-9-19)13-5-3-4-6-14(13)22/h3-6,22H,2,7-12H2,1H3/p+1. The van der Waals surface area contributed by atoms with E-state index < -0.39 is 0 Å². The van der Waals surface area contributed by atoms with E-state index in [0.717, 1.165) is 57.2 Å². The Bertz CT molecular complexity index is 606. The van der Waals surface area contributed by atoms with Gasteiger partial charge in [0.2, 0.25) is 5.82 Å². The number of hydrogen-bond donors (Lipinski definition) is 2. The van der Waals surface area contributed by atoms with E-state index in [9.17, 15) is 5.11 Å². The number of nitrogens with zero attached hydrogens (tertiary/aromatic N) is 5. The molecule has 22 heavy (non-hydrogen) atoms. The van der Waals surface area contributed by atoms with Gasteiger partial charge in [0.05, 0.1) is 31.9 Å². The van der Waals surface area contributed by atoms with Gasteiger partial charge in [-0.3, -0.25) is 0 Å². The Morgan fingerprint density at radius 2 is 2.00 bits per heavy atom. The fraction of sp³-hybridized carbons (Fsp3) is 0.533. The highest BCUT2D eigenvalue weighted by atomic mass is 16.3. The molecule has 1 aliphatic rings. The summed E-state index contributed by atoms with van der Waals surface area (Å²) in [4.78, 5) is 3.73. The first-order chi connectivity index (χ1) is 10.8. The van der Waals surface area contributed by atoms with Crippen LogP contribution < -0.4 is 9.80 Å². The third-order valence-corrected chi connectivity index (χ3v) is 4.14. The van der Waals surface area contributed by atoms with Crippen LogP contribution in [0.1, 0.15) is 19.2 Å². The fourth-order valence-electron chi connectivity index (χ4n) is 2.93. The number of piperazine rings is 1. The normalized spacial score (nSPS) is 16.1. The molecule has 0 aliphatic carbocycles. The molecule has 1 aromatic heterocycles. The van der Waals surface area contributed by atoms with Gasteiger partial charge in [0, 0.05) is 6.54 Å². The van der Waals surface area contributed by atoms with Gasteiger partial charge in [-0.15, -0.1) is 5.10 Å². The van der Waals surface area contributed by atoms with E-state index in [2.05, 4.69) is 27.3 Å². The Morgan fingerprint density at radius 1 is 1.23 bits per heavy atom. The van der Waals surface area contributed by atoms with Crippen LogP contribution in [0.5, 0.6) is 5.75 Å². The van der Waals surface area contributed by atoms with Gasteiger partial charge in [-0.1, -0.05) is 19.1 Å². The van der Waals surface area contributed by atoms with Crippen LogP contribution in [0.4, 0.5) is 5.69 Å². The summed E-state index contributed by atoms with van der Waals surface area (Å²) in [5.41, 5.74) is 0.928. The summed E-state index contributed by atoms with van der Waals surface area (Å²) in [7, 11) is 0. The van der Waals surface area contributed by atoms with Crippen molar-refractivity contribution in [2.45, 2.75) is 26.4 Å². The number of nitrogens with one attached hydrogen (secondary N) is 1. The van der Waals surface area contributed by atoms with E-state index in [1.807, 2.05) is 22.9 Å². The largest absolute Gasteiger partial charge is 0.506 e. The maximum Gasteiger partial charge on any atom is 0.206 e. The molecule has 0 radical (unpaired) electrons. The number of hydrogen-bond acceptors (Lipinski definition) is 5. The number of phenolic OH excluding ortho intramolecular Hbond substituents is 1. The van der Waals surface area contributed by atoms with E-state index in [-0.39, 0.29) is 0 Å². The van der Waals surface area contributed by atoms with Crippen molar-refractivity contribution in [1.82, 2.24) is 20.2 Å². The predicted octanol–water partition coefficient (Wildman–Crippen LogP) is -0.306. The van der Waals surface area contributed by atoms with Crippen LogP contribution in [0.2, 0.25) is 0 Å². The van der Waals surface area contributed by atoms with Crippen LogP contribution in [0.3, 0.4) is 0 Å². The first-order valence-corrected chi connectivity index (χ1v) is 7.89. The van der Waals surface area contributed by atoms with Gasteiger partial charge in [0.15, 0.2) is 0 Å². The number of quaternary nitrogens is 1. The number of aryl methyl sites for hydroxylation is 1. The van der Waals surface area contributed by atoms with Gasteiger partial charge < -0.3 is 14.9 Å². The minimum Gasteiger partial charge on any atom is -0.506 e. The molecule has 0 spiro atoms. The lowest BCUT2D eigenvalue weighted by Crippen LogP contribution is -3.13. The first kappa shape index (κ1) is 14.8. The van der Waals surface area contributed by atoms with Gasteiger partial charge >= 0.3 is 0 Å². The van der Waals surface area contributed by atoms with Gasteiger partial charge in [0.1, 0.15) is 12.3 Å². The Labute approximate surface area is 130 Å². The SMILES string of the molecule is CCCn1nnnc1C[NH+]1CCN(c2ccccc2O)CC1. The van der Waals surface area contributed by atoms with E-state index in [4.69, 9.17) is 0 Å². The van der Waals surface area contributed by atoms with Crippen LogP contribution in [0, 0.1) is 0 Å². The van der Waals surface area contributed by atoms with Crippen LogP contribution >= 0.6 is 0 Å². The van der Waals surface area contributed by atoms with Crippen molar-refractivity contribution in [3.63, 3.8) is 0 Å². The zero-order valence-corrected chi connectivity index (χ0v) is 12.9. The predicted molar refractivity (Wildman–Crippen MR) is 82.8 cm³/mol. The van der Waals surface area contributed by atoms with Gasteiger partial charge in [-0.05, 0) is 29.0 Å². The number of anilines is 1. The zero-order chi connectivity index (χ0) is 15.4. The van der Waals surface area contributed by atoms with Crippen molar-refractivity contribution in [3.8, 4) is 5.75 Å². The van der Waals surface area contributed by atoms with Crippen molar-refractivity contribution < 1.29 is 10.0 Å². The summed E-state index contributed by atoms with van der Waals surface area (Å²) >= 11 is 0. The molecule has 0 unspecified atom stereocenters. The van der Waals surface area contributed by atoms with Crippen molar-refractivity contribution >= 4 is 5.69 Å². The Balaban J connectivity index is 1.58. The molecule has 2 heterocycles. The summed E-state index contributed by atoms with van der Waals surface area (Å²) in [5, 5.41) is 21.9. The maximum absolute atomic E-state index is 9.95. The lowest BCUT2D eigenvalue weighted by atomic mass is 10.2. The number of phenols is 1. The summed E-state index contributed by atoms with van der Waals surface area (Å²) in [6.07, 6.45) is 1.04. The minimum absolute atomic E-state index is 0.359. The molecule has 2 aromatic rings. The highest BCUT2D eigenvalue weighted by molar-refractivity contribution is 5.57. The molecule has 3 rings (SSSR count). The second-order valence-electron chi connectivity index (χ2n) is 5.72. The maximum atomic E-state index is 9.95. The molecular formula is C15H23N6O+. The summed E-state index contributed by atoms with van der Waals surface area (Å²) in [5.74, 6) is 1.32. The molecule has 0 amide bonds. The second kappa shape index (κ2) is 6.74. The molecule has 7 nitrogen and oxygen atoms in total. The molecule has 7 heteroatoms. The van der Waals surface area contributed by atoms with Crippen LogP contribution in [0.25, 0.3) is 0 Å². The Hall–Kier alpha value is -2.15. The topological polar surface area (TPSA) is 71.5 Å². The lowest BCUT2D eigenvalue weighted by molar-refractivity contribution is -0.915. The summed E-state index contributed by atoms with van der Waals surface area (Å²) in [6.45, 7) is 7.77. The van der Waals surface area contributed by atoms with E-state index >= 15 is 0 Å². The number of para-hydroxylation sites is 2. The molecule has 0 bridgehead atoms. The van der Waals surface area contributed by atoms with Crippen LogP contribution in [-0.4, -0.2) is 51.5 Å². The average Bonchev–Trinajstić information content (AvgIpc) is 2.96. The van der Waals surface area contributed by atoms with Gasteiger partial charge in [0.25, 0.3) is 0 Å². The second-order valence-corrected chi connectivity index (χ2v) is 5.72.